The van der Waals surface area contributed by atoms with Crippen LogP contribution in [0.25, 0.3) is 6.08 Å². The van der Waals surface area contributed by atoms with E-state index in [2.05, 4.69) is 38.5 Å². The molecule has 0 aromatic heterocycles. The number of carbonyl (C=O) groups excluding carboxylic acids is 2. The molecule has 2 amide bonds. The zero-order valence-corrected chi connectivity index (χ0v) is 20.5. The van der Waals surface area contributed by atoms with E-state index in [1.165, 1.54) is 4.90 Å². The SMILES string of the molecule is CCOc1cc(/C=C2/SC(=O)N(Cc3cccc(Br)c3)C2=O)cc(I)c1OCC. The molecule has 0 spiro atoms. The molecular weight excluding hydrogens is 569 g/mol. The first-order valence-electron chi connectivity index (χ1n) is 9.01. The van der Waals surface area contributed by atoms with Gasteiger partial charge in [0, 0.05) is 4.47 Å². The Balaban J connectivity index is 1.87. The summed E-state index contributed by atoms with van der Waals surface area (Å²) in [7, 11) is 0. The van der Waals surface area contributed by atoms with E-state index in [0.29, 0.717) is 29.6 Å². The van der Waals surface area contributed by atoms with Gasteiger partial charge in [-0.2, -0.15) is 0 Å². The molecule has 152 valence electrons. The van der Waals surface area contributed by atoms with E-state index in [1.54, 1.807) is 6.08 Å². The summed E-state index contributed by atoms with van der Waals surface area (Å²) >= 11 is 6.55. The monoisotopic (exact) mass is 587 g/mol. The van der Waals surface area contributed by atoms with Gasteiger partial charge in [-0.1, -0.05) is 28.1 Å². The number of halogens is 2. The standard InChI is InChI=1S/C21H19BrINO4S/c1-3-27-17-10-14(9-16(23)19(17)28-4-2)11-18-20(25)24(21(26)29-18)12-13-6-5-7-15(22)8-13/h5-11H,3-4,12H2,1-2H3/b18-11+. The van der Waals surface area contributed by atoms with Gasteiger partial charge in [0.15, 0.2) is 11.5 Å². The number of hydrogen-bond donors (Lipinski definition) is 0. The number of imide groups is 1. The Hall–Kier alpha value is -1.52. The van der Waals surface area contributed by atoms with Crippen molar-refractivity contribution in [2.24, 2.45) is 0 Å². The van der Waals surface area contributed by atoms with E-state index < -0.39 is 0 Å². The van der Waals surface area contributed by atoms with Gasteiger partial charge in [0.1, 0.15) is 0 Å². The molecule has 0 N–H and O–H groups in total. The van der Waals surface area contributed by atoms with Crippen LogP contribution < -0.4 is 9.47 Å². The third kappa shape index (κ3) is 5.35. The molecule has 1 saturated heterocycles. The Morgan fingerprint density at radius 1 is 1.14 bits per heavy atom. The van der Waals surface area contributed by atoms with Crippen molar-refractivity contribution in [3.8, 4) is 11.5 Å². The molecule has 0 unspecified atom stereocenters. The van der Waals surface area contributed by atoms with Crippen molar-refractivity contribution in [1.82, 2.24) is 4.90 Å². The van der Waals surface area contributed by atoms with Gasteiger partial charge >= 0.3 is 0 Å². The van der Waals surface area contributed by atoms with E-state index in [-0.39, 0.29) is 17.7 Å². The molecule has 0 aliphatic carbocycles. The first-order valence-corrected chi connectivity index (χ1v) is 11.7. The summed E-state index contributed by atoms with van der Waals surface area (Å²) in [6, 6.07) is 11.3. The molecule has 2 aromatic carbocycles. The predicted octanol–water partition coefficient (Wildman–Crippen LogP) is 6.09. The third-order valence-corrected chi connectivity index (χ3v) is 6.22. The van der Waals surface area contributed by atoms with Crippen LogP contribution in [0.4, 0.5) is 4.79 Å². The second-order valence-electron chi connectivity index (χ2n) is 6.09. The van der Waals surface area contributed by atoms with Crippen molar-refractivity contribution in [3.05, 3.63) is 60.5 Å². The number of thioether (sulfide) groups is 1. The van der Waals surface area contributed by atoms with Crippen molar-refractivity contribution in [2.75, 3.05) is 13.2 Å². The Morgan fingerprint density at radius 3 is 2.59 bits per heavy atom. The summed E-state index contributed by atoms with van der Waals surface area (Å²) in [4.78, 5) is 26.9. The maximum Gasteiger partial charge on any atom is 0.293 e. The van der Waals surface area contributed by atoms with Crippen molar-refractivity contribution in [3.63, 3.8) is 0 Å². The summed E-state index contributed by atoms with van der Waals surface area (Å²) in [5, 5.41) is -0.271. The highest BCUT2D eigenvalue weighted by Gasteiger charge is 2.35. The molecule has 0 radical (unpaired) electrons. The highest BCUT2D eigenvalue weighted by molar-refractivity contribution is 14.1. The topological polar surface area (TPSA) is 55.8 Å². The maximum absolute atomic E-state index is 12.8. The van der Waals surface area contributed by atoms with Crippen LogP contribution in [0.1, 0.15) is 25.0 Å². The van der Waals surface area contributed by atoms with Crippen LogP contribution >= 0.6 is 50.3 Å². The van der Waals surface area contributed by atoms with E-state index in [4.69, 9.17) is 9.47 Å². The molecule has 8 heteroatoms. The van der Waals surface area contributed by atoms with Crippen LogP contribution in [0.15, 0.2) is 45.8 Å². The molecule has 1 heterocycles. The van der Waals surface area contributed by atoms with Gasteiger partial charge < -0.3 is 9.47 Å². The zero-order chi connectivity index (χ0) is 21.0. The van der Waals surface area contributed by atoms with Gasteiger partial charge in [-0.25, -0.2) is 0 Å². The average molecular weight is 588 g/mol. The van der Waals surface area contributed by atoms with Crippen LogP contribution in [-0.2, 0) is 11.3 Å². The smallest absolute Gasteiger partial charge is 0.293 e. The zero-order valence-electron chi connectivity index (χ0n) is 15.9. The minimum Gasteiger partial charge on any atom is -0.490 e. The number of hydrogen-bond acceptors (Lipinski definition) is 5. The fraction of sp³-hybridized carbons (Fsp3) is 0.238. The number of ether oxygens (including phenoxy) is 2. The molecule has 0 bridgehead atoms. The molecule has 2 aromatic rings. The van der Waals surface area contributed by atoms with E-state index >= 15 is 0 Å². The number of benzene rings is 2. The van der Waals surface area contributed by atoms with Gasteiger partial charge in [0.2, 0.25) is 0 Å². The molecule has 1 aliphatic rings. The van der Waals surface area contributed by atoms with Crippen molar-refractivity contribution in [2.45, 2.75) is 20.4 Å². The highest BCUT2D eigenvalue weighted by Crippen LogP contribution is 2.38. The lowest BCUT2D eigenvalue weighted by Crippen LogP contribution is -2.27. The Labute approximate surface area is 196 Å². The fourth-order valence-electron chi connectivity index (χ4n) is 2.82. The summed E-state index contributed by atoms with van der Waals surface area (Å²) in [6.45, 7) is 5.10. The second kappa shape index (κ2) is 9.99. The largest absolute Gasteiger partial charge is 0.490 e. The van der Waals surface area contributed by atoms with Gasteiger partial charge in [0.05, 0.1) is 28.2 Å². The lowest BCUT2D eigenvalue weighted by atomic mass is 10.1. The minimum atomic E-state index is -0.290. The van der Waals surface area contributed by atoms with Crippen LogP contribution in [-0.4, -0.2) is 29.3 Å². The first-order chi connectivity index (χ1) is 13.9. The number of rotatable bonds is 7. The molecular formula is C21H19BrINO4S. The Kier molecular flexibility index (Phi) is 7.64. The highest BCUT2D eigenvalue weighted by atomic mass is 127. The van der Waals surface area contributed by atoms with E-state index in [1.807, 2.05) is 50.2 Å². The van der Waals surface area contributed by atoms with Crippen LogP contribution in [0.2, 0.25) is 0 Å². The normalized spacial score (nSPS) is 15.3. The van der Waals surface area contributed by atoms with Crippen molar-refractivity contribution >= 4 is 67.5 Å². The van der Waals surface area contributed by atoms with E-state index in [9.17, 15) is 9.59 Å². The predicted molar refractivity (Wildman–Crippen MR) is 127 cm³/mol. The average Bonchev–Trinajstić information content (AvgIpc) is 2.92. The number of amides is 2. The first kappa shape index (κ1) is 22.2. The lowest BCUT2D eigenvalue weighted by Gasteiger charge is -2.14. The number of nitrogens with zero attached hydrogens (tertiary/aromatic N) is 1. The maximum atomic E-state index is 12.8. The van der Waals surface area contributed by atoms with Crippen molar-refractivity contribution in [1.29, 1.82) is 0 Å². The minimum absolute atomic E-state index is 0.243. The molecule has 5 nitrogen and oxygen atoms in total. The molecule has 1 aliphatic heterocycles. The Bertz CT molecular complexity index is 979. The molecule has 1 fully saturated rings. The molecule has 0 saturated carbocycles. The summed E-state index contributed by atoms with van der Waals surface area (Å²) in [6.07, 6.45) is 1.73. The molecule has 3 rings (SSSR count). The van der Waals surface area contributed by atoms with Gasteiger partial charge in [-0.05, 0) is 89.7 Å². The van der Waals surface area contributed by atoms with Crippen LogP contribution in [0.3, 0.4) is 0 Å². The lowest BCUT2D eigenvalue weighted by molar-refractivity contribution is -0.123. The summed E-state index contributed by atoms with van der Waals surface area (Å²) < 4.78 is 13.2. The van der Waals surface area contributed by atoms with Crippen LogP contribution in [0.5, 0.6) is 11.5 Å². The van der Waals surface area contributed by atoms with Gasteiger partial charge in [-0.15, -0.1) is 0 Å². The van der Waals surface area contributed by atoms with Gasteiger partial charge in [-0.3, -0.25) is 14.5 Å². The third-order valence-electron chi connectivity index (χ3n) is 4.02. The second-order valence-corrected chi connectivity index (χ2v) is 9.16. The number of carbonyl (C=O) groups is 2. The quantitative estimate of drug-likeness (QED) is 0.290. The van der Waals surface area contributed by atoms with E-state index in [0.717, 1.165) is 30.9 Å². The van der Waals surface area contributed by atoms with Gasteiger partial charge in [0.25, 0.3) is 11.1 Å². The Morgan fingerprint density at radius 2 is 1.90 bits per heavy atom. The van der Waals surface area contributed by atoms with Crippen LogP contribution in [0, 0.1) is 3.57 Å². The molecule has 0 atom stereocenters. The molecule has 29 heavy (non-hydrogen) atoms. The summed E-state index contributed by atoms with van der Waals surface area (Å²) in [5.41, 5.74) is 1.67. The summed E-state index contributed by atoms with van der Waals surface area (Å²) in [5.74, 6) is 1.03. The van der Waals surface area contributed by atoms with Crippen molar-refractivity contribution < 1.29 is 19.1 Å². The fourth-order valence-corrected chi connectivity index (χ4v) is 4.89.